The Balaban J connectivity index is 1.82. The molecule has 3 rings (SSSR count). The van der Waals surface area contributed by atoms with E-state index in [1.807, 2.05) is 0 Å². The Morgan fingerprint density at radius 2 is 2.06 bits per heavy atom. The normalized spacial score (nSPS) is 14.8. The molecule has 0 radical (unpaired) electrons. The number of nitrogens with zero attached hydrogens (tertiary/aromatic N) is 3. The summed E-state index contributed by atoms with van der Waals surface area (Å²) < 4.78 is 30.0. The number of halogens is 2. The molecule has 2 amide bonds. The Bertz CT molecular complexity index is 1130. The maximum atomic E-state index is 13.9. The maximum Gasteiger partial charge on any atom is 0.326 e. The van der Waals surface area contributed by atoms with Gasteiger partial charge in [0.25, 0.3) is 17.0 Å². The number of rotatable bonds is 8. The first-order valence-electron chi connectivity index (χ1n) is 9.75. The van der Waals surface area contributed by atoms with Gasteiger partial charge in [0, 0.05) is 0 Å². The summed E-state index contributed by atoms with van der Waals surface area (Å²) in [4.78, 5) is 44.8. The fourth-order valence-electron chi connectivity index (χ4n) is 2.69. The number of ether oxygens (including phenoxy) is 3. The minimum atomic E-state index is -0.810. The van der Waals surface area contributed by atoms with E-state index in [0.717, 1.165) is 11.1 Å². The quantitative estimate of drug-likeness (QED) is 0.298. The summed E-state index contributed by atoms with van der Waals surface area (Å²) in [6.45, 7) is 4.90. The number of aromatic nitrogens is 2. The molecular formula is C21H19ClFN3O6S. The zero-order valence-electron chi connectivity index (χ0n) is 17.8. The molecular weight excluding hydrogens is 477 g/mol. The molecule has 2 heterocycles. The van der Waals surface area contributed by atoms with Gasteiger partial charge in [-0.2, -0.15) is 9.37 Å². The third-order valence-electron chi connectivity index (χ3n) is 3.98. The third-order valence-corrected chi connectivity index (χ3v) is 5.07. The molecule has 0 atom stereocenters. The molecule has 174 valence electrons. The van der Waals surface area contributed by atoms with Crippen LogP contribution in [0.2, 0.25) is 5.28 Å². The van der Waals surface area contributed by atoms with Crippen LogP contribution >= 0.6 is 23.4 Å². The average Bonchev–Trinajstić information content (AvgIpc) is 2.99. The highest BCUT2D eigenvalue weighted by Gasteiger charge is 2.36. The number of thioether (sulfide) groups is 1. The minimum Gasteiger partial charge on any atom is -0.490 e. The van der Waals surface area contributed by atoms with E-state index in [9.17, 15) is 18.8 Å². The predicted octanol–water partition coefficient (Wildman–Crippen LogP) is 4.45. The molecule has 12 heteroatoms. The van der Waals surface area contributed by atoms with E-state index in [1.165, 1.54) is 12.1 Å². The van der Waals surface area contributed by atoms with E-state index >= 15 is 0 Å². The summed E-state index contributed by atoms with van der Waals surface area (Å²) in [7, 11) is 0. The van der Waals surface area contributed by atoms with E-state index in [1.54, 1.807) is 32.9 Å². The zero-order chi connectivity index (χ0) is 24.1. The van der Waals surface area contributed by atoms with Crippen LogP contribution in [0.5, 0.6) is 17.4 Å². The molecule has 0 saturated carbocycles. The lowest BCUT2D eigenvalue weighted by Crippen LogP contribution is -2.35. The highest BCUT2D eigenvalue weighted by molar-refractivity contribution is 8.18. The molecule has 2 aromatic rings. The first-order valence-corrected chi connectivity index (χ1v) is 10.9. The topological polar surface area (TPSA) is 108 Å². The second-order valence-electron chi connectivity index (χ2n) is 6.84. The van der Waals surface area contributed by atoms with Gasteiger partial charge in [-0.05, 0) is 67.9 Å². The molecule has 0 bridgehead atoms. The summed E-state index contributed by atoms with van der Waals surface area (Å²) in [6, 6.07) is 4.64. The van der Waals surface area contributed by atoms with Gasteiger partial charge >= 0.3 is 5.97 Å². The molecule has 1 aliphatic rings. The first kappa shape index (κ1) is 24.5. The lowest BCUT2D eigenvalue weighted by Gasteiger charge is -2.13. The van der Waals surface area contributed by atoms with Crippen molar-refractivity contribution in [2.24, 2.45) is 0 Å². The maximum absolute atomic E-state index is 13.9. The number of carbonyl (C=O) groups excluding carboxylic acids is 3. The number of amides is 2. The Kier molecular flexibility index (Phi) is 7.88. The molecule has 1 aromatic heterocycles. The lowest BCUT2D eigenvalue weighted by molar-refractivity contribution is -0.149. The Morgan fingerprint density at radius 3 is 2.76 bits per heavy atom. The fraction of sp³-hybridized carbons (Fsp3) is 0.286. The number of hydrogen-bond donors (Lipinski definition) is 0. The molecule has 0 spiro atoms. The van der Waals surface area contributed by atoms with E-state index in [2.05, 4.69) is 9.97 Å². The van der Waals surface area contributed by atoms with E-state index < -0.39 is 29.5 Å². The third kappa shape index (κ3) is 6.20. The van der Waals surface area contributed by atoms with Crippen molar-refractivity contribution in [1.29, 1.82) is 0 Å². The fourth-order valence-corrected chi connectivity index (χ4v) is 3.65. The van der Waals surface area contributed by atoms with Crippen LogP contribution in [0.3, 0.4) is 0 Å². The van der Waals surface area contributed by atoms with Crippen molar-refractivity contribution in [2.45, 2.75) is 26.9 Å². The van der Waals surface area contributed by atoms with Crippen LogP contribution in [0.4, 0.5) is 9.18 Å². The number of benzene rings is 1. The minimum absolute atomic E-state index is 0.127. The zero-order valence-corrected chi connectivity index (χ0v) is 19.4. The average molecular weight is 496 g/mol. The summed E-state index contributed by atoms with van der Waals surface area (Å²) in [5.41, 5.74) is 0.516. The molecule has 0 unspecified atom stereocenters. The number of esters is 1. The molecule has 1 aromatic carbocycles. The van der Waals surface area contributed by atoms with Crippen molar-refractivity contribution in [3.63, 3.8) is 0 Å². The van der Waals surface area contributed by atoms with E-state index in [0.29, 0.717) is 17.3 Å². The van der Waals surface area contributed by atoms with E-state index in [4.69, 9.17) is 25.8 Å². The second kappa shape index (κ2) is 10.6. The van der Waals surface area contributed by atoms with Crippen molar-refractivity contribution in [3.8, 4) is 17.4 Å². The van der Waals surface area contributed by atoms with Gasteiger partial charge in [0.15, 0.2) is 11.5 Å². The van der Waals surface area contributed by atoms with Gasteiger partial charge in [-0.1, -0.05) is 6.07 Å². The molecule has 0 N–H and O–H groups in total. The van der Waals surface area contributed by atoms with Crippen LogP contribution in [0.1, 0.15) is 26.3 Å². The SMILES string of the molecule is CCOc1cc(/C=C2/SC(=O)N(CC(=O)OC(C)C)C2=O)ccc1Oc1nc(Cl)ncc1F. The Morgan fingerprint density at radius 1 is 1.30 bits per heavy atom. The first-order chi connectivity index (χ1) is 15.7. The smallest absolute Gasteiger partial charge is 0.326 e. The van der Waals surface area contributed by atoms with Crippen molar-refractivity contribution in [1.82, 2.24) is 14.9 Å². The van der Waals surface area contributed by atoms with Gasteiger partial charge in [0.2, 0.25) is 11.1 Å². The van der Waals surface area contributed by atoms with Gasteiger partial charge in [0.1, 0.15) is 6.54 Å². The molecule has 1 fully saturated rings. The van der Waals surface area contributed by atoms with Crippen molar-refractivity contribution in [2.75, 3.05) is 13.2 Å². The van der Waals surface area contributed by atoms with Crippen molar-refractivity contribution < 1.29 is 33.0 Å². The molecule has 1 saturated heterocycles. The van der Waals surface area contributed by atoms with Crippen LogP contribution in [-0.4, -0.2) is 51.2 Å². The van der Waals surface area contributed by atoms with Crippen LogP contribution < -0.4 is 9.47 Å². The Hall–Kier alpha value is -3.18. The van der Waals surface area contributed by atoms with Crippen molar-refractivity contribution >= 4 is 46.6 Å². The van der Waals surface area contributed by atoms with Gasteiger partial charge in [-0.25, -0.2) is 4.98 Å². The second-order valence-corrected chi connectivity index (χ2v) is 8.17. The van der Waals surface area contributed by atoms with Gasteiger partial charge < -0.3 is 14.2 Å². The van der Waals surface area contributed by atoms with Crippen LogP contribution in [0, 0.1) is 5.82 Å². The summed E-state index contributed by atoms with van der Waals surface area (Å²) >= 11 is 6.40. The van der Waals surface area contributed by atoms with Crippen LogP contribution in [0.15, 0.2) is 29.3 Å². The van der Waals surface area contributed by atoms with Crippen LogP contribution in [-0.2, 0) is 14.3 Å². The van der Waals surface area contributed by atoms with Crippen molar-refractivity contribution in [3.05, 3.63) is 46.0 Å². The number of imide groups is 1. The highest BCUT2D eigenvalue weighted by atomic mass is 35.5. The molecule has 9 nitrogen and oxygen atoms in total. The predicted molar refractivity (Wildman–Crippen MR) is 119 cm³/mol. The summed E-state index contributed by atoms with van der Waals surface area (Å²) in [6.07, 6.45) is 2.00. The van der Waals surface area contributed by atoms with Gasteiger partial charge in [0.05, 0.1) is 23.8 Å². The van der Waals surface area contributed by atoms with Gasteiger partial charge in [-0.3, -0.25) is 19.3 Å². The van der Waals surface area contributed by atoms with Crippen LogP contribution in [0.25, 0.3) is 6.08 Å². The molecule has 0 aliphatic carbocycles. The number of hydrogen-bond acceptors (Lipinski definition) is 9. The number of carbonyl (C=O) groups is 3. The van der Waals surface area contributed by atoms with Gasteiger partial charge in [-0.15, -0.1) is 0 Å². The standard InChI is InChI=1S/C21H19ClFN3O6S/c1-4-30-15-7-12(5-6-14(15)32-18-13(23)9-24-20(22)25-18)8-16-19(28)26(21(29)33-16)10-17(27)31-11(2)3/h5-9,11H,4,10H2,1-3H3/b16-8+. The Labute approximate surface area is 197 Å². The molecule has 1 aliphatic heterocycles. The monoisotopic (exact) mass is 495 g/mol. The lowest BCUT2D eigenvalue weighted by atomic mass is 10.2. The highest BCUT2D eigenvalue weighted by Crippen LogP contribution is 2.36. The summed E-state index contributed by atoms with van der Waals surface area (Å²) in [5, 5.41) is -0.762. The largest absolute Gasteiger partial charge is 0.490 e. The molecule has 33 heavy (non-hydrogen) atoms. The summed E-state index contributed by atoms with van der Waals surface area (Å²) in [5.74, 6) is -2.06. The van der Waals surface area contributed by atoms with E-state index in [-0.39, 0.29) is 40.3 Å².